The van der Waals surface area contributed by atoms with Crippen LogP contribution in [0.25, 0.3) is 6.08 Å². The standard InChI is InChI=1S/C39H56O5/c1-25(2)9-8-10-26(3)32-15-16-33-31-14-13-29-24-30(19-21-38(29,5)34(31)20-22-39(32,33)6)44-37(41)18-12-28-11-17-35(43-27(4)40)36(23-28)42-7/h11-13,17-18,23,25-26,30-34H,8-10,14-16,19-22,24H2,1-7H3/b18-12+/t26?,30-,31-,32+,33-,34-,38-,39+/m0/s1. The zero-order valence-corrected chi connectivity index (χ0v) is 28.3. The zero-order chi connectivity index (χ0) is 31.6. The number of methoxy groups -OCH3 is 1. The molecule has 1 unspecified atom stereocenters. The molecule has 5 rings (SSSR count). The molecule has 4 aliphatic rings. The Kier molecular flexibility index (Phi) is 10.0. The number of rotatable bonds is 10. The highest BCUT2D eigenvalue weighted by molar-refractivity contribution is 5.87. The van der Waals surface area contributed by atoms with Crippen molar-refractivity contribution in [3.05, 3.63) is 41.5 Å². The van der Waals surface area contributed by atoms with E-state index < -0.39 is 5.97 Å². The van der Waals surface area contributed by atoms with Crippen molar-refractivity contribution in [3.63, 3.8) is 0 Å². The number of esters is 2. The van der Waals surface area contributed by atoms with Gasteiger partial charge in [0, 0.05) is 19.4 Å². The van der Waals surface area contributed by atoms with E-state index in [9.17, 15) is 9.59 Å². The van der Waals surface area contributed by atoms with E-state index in [0.29, 0.717) is 16.9 Å². The van der Waals surface area contributed by atoms with Gasteiger partial charge in [0.2, 0.25) is 0 Å². The summed E-state index contributed by atoms with van der Waals surface area (Å²) in [6, 6.07) is 5.20. The van der Waals surface area contributed by atoms with E-state index in [1.165, 1.54) is 77.0 Å². The summed E-state index contributed by atoms with van der Waals surface area (Å²) in [5.41, 5.74) is 3.06. The number of ether oxygens (including phenoxy) is 3. The van der Waals surface area contributed by atoms with Crippen LogP contribution in [0.2, 0.25) is 0 Å². The molecule has 242 valence electrons. The van der Waals surface area contributed by atoms with Crippen molar-refractivity contribution in [1.82, 2.24) is 0 Å². The molecular weight excluding hydrogens is 548 g/mol. The Hall–Kier alpha value is -2.56. The van der Waals surface area contributed by atoms with E-state index in [0.717, 1.165) is 60.3 Å². The molecule has 1 aromatic carbocycles. The van der Waals surface area contributed by atoms with Crippen LogP contribution in [0, 0.1) is 46.3 Å². The lowest BCUT2D eigenvalue weighted by molar-refractivity contribution is -0.145. The van der Waals surface area contributed by atoms with Gasteiger partial charge in [-0.2, -0.15) is 0 Å². The topological polar surface area (TPSA) is 61.8 Å². The maximum absolute atomic E-state index is 12.8. The molecule has 1 aromatic rings. The second-order valence-electron chi connectivity index (χ2n) is 15.4. The highest BCUT2D eigenvalue weighted by Gasteiger charge is 2.59. The lowest BCUT2D eigenvalue weighted by Gasteiger charge is -2.58. The van der Waals surface area contributed by atoms with Crippen molar-refractivity contribution < 1.29 is 23.8 Å². The molecule has 5 nitrogen and oxygen atoms in total. The summed E-state index contributed by atoms with van der Waals surface area (Å²) in [4.78, 5) is 24.2. The third-order valence-electron chi connectivity index (χ3n) is 12.4. The second-order valence-corrected chi connectivity index (χ2v) is 15.4. The maximum Gasteiger partial charge on any atom is 0.331 e. The number of hydrogen-bond donors (Lipinski definition) is 0. The molecule has 0 aromatic heterocycles. The van der Waals surface area contributed by atoms with Crippen molar-refractivity contribution in [2.75, 3.05) is 7.11 Å². The summed E-state index contributed by atoms with van der Waals surface area (Å²) in [6.45, 7) is 13.8. The number of carbonyl (C=O) groups is 2. The van der Waals surface area contributed by atoms with Gasteiger partial charge in [-0.25, -0.2) is 4.79 Å². The molecular formula is C39H56O5. The van der Waals surface area contributed by atoms with Crippen LogP contribution >= 0.6 is 0 Å². The van der Waals surface area contributed by atoms with Gasteiger partial charge in [-0.05, 0) is 115 Å². The van der Waals surface area contributed by atoms with Gasteiger partial charge in [-0.1, -0.05) is 71.6 Å². The van der Waals surface area contributed by atoms with Crippen LogP contribution < -0.4 is 9.47 Å². The molecule has 0 spiro atoms. The third kappa shape index (κ3) is 6.67. The summed E-state index contributed by atoms with van der Waals surface area (Å²) < 4.78 is 16.5. The first-order valence-electron chi connectivity index (χ1n) is 17.4. The van der Waals surface area contributed by atoms with Crippen molar-refractivity contribution >= 4 is 18.0 Å². The zero-order valence-electron chi connectivity index (χ0n) is 28.3. The summed E-state index contributed by atoms with van der Waals surface area (Å²) in [6.07, 6.45) is 19.5. The Morgan fingerprint density at radius 2 is 1.80 bits per heavy atom. The third-order valence-corrected chi connectivity index (χ3v) is 12.4. The normalized spacial score (nSPS) is 33.6. The predicted molar refractivity (Wildman–Crippen MR) is 176 cm³/mol. The molecule has 0 N–H and O–H groups in total. The number of carbonyl (C=O) groups excluding carboxylic acids is 2. The minimum absolute atomic E-state index is 0.0692. The van der Waals surface area contributed by atoms with E-state index in [1.54, 1.807) is 24.3 Å². The van der Waals surface area contributed by atoms with Crippen LogP contribution in [-0.2, 0) is 14.3 Å². The summed E-state index contributed by atoms with van der Waals surface area (Å²) in [5, 5.41) is 0. The van der Waals surface area contributed by atoms with Gasteiger partial charge in [0.05, 0.1) is 7.11 Å². The molecule has 0 radical (unpaired) electrons. The molecule has 0 amide bonds. The molecule has 4 aliphatic carbocycles. The van der Waals surface area contributed by atoms with Crippen molar-refractivity contribution in [3.8, 4) is 11.5 Å². The Balaban J connectivity index is 1.19. The van der Waals surface area contributed by atoms with Gasteiger partial charge in [0.15, 0.2) is 11.5 Å². The Labute approximate surface area is 266 Å². The van der Waals surface area contributed by atoms with Crippen molar-refractivity contribution in [2.45, 2.75) is 118 Å². The minimum Gasteiger partial charge on any atom is -0.493 e. The van der Waals surface area contributed by atoms with E-state index in [1.807, 2.05) is 0 Å². The van der Waals surface area contributed by atoms with E-state index in [4.69, 9.17) is 14.2 Å². The van der Waals surface area contributed by atoms with Crippen LogP contribution in [0.4, 0.5) is 0 Å². The maximum atomic E-state index is 12.8. The second kappa shape index (κ2) is 13.4. The molecule has 0 bridgehead atoms. The summed E-state index contributed by atoms with van der Waals surface area (Å²) in [7, 11) is 1.52. The first kappa shape index (κ1) is 32.8. The van der Waals surface area contributed by atoms with Crippen LogP contribution in [0.1, 0.15) is 118 Å². The Morgan fingerprint density at radius 3 is 2.52 bits per heavy atom. The number of hydrogen-bond acceptors (Lipinski definition) is 5. The highest BCUT2D eigenvalue weighted by atomic mass is 16.6. The lowest BCUT2D eigenvalue weighted by atomic mass is 9.47. The average molecular weight is 605 g/mol. The molecule has 44 heavy (non-hydrogen) atoms. The Morgan fingerprint density at radius 1 is 1.00 bits per heavy atom. The lowest BCUT2D eigenvalue weighted by Crippen LogP contribution is -2.51. The number of fused-ring (bicyclic) bond motifs is 5. The fourth-order valence-corrected chi connectivity index (χ4v) is 10.1. The fraction of sp³-hybridized carbons (Fsp3) is 0.692. The summed E-state index contributed by atoms with van der Waals surface area (Å²) >= 11 is 0. The molecule has 3 saturated carbocycles. The van der Waals surface area contributed by atoms with Gasteiger partial charge >= 0.3 is 11.9 Å². The molecule has 0 heterocycles. The van der Waals surface area contributed by atoms with Crippen LogP contribution in [0.3, 0.4) is 0 Å². The van der Waals surface area contributed by atoms with Crippen molar-refractivity contribution in [2.24, 2.45) is 46.3 Å². The molecule has 5 heteroatoms. The Bertz CT molecular complexity index is 1260. The largest absolute Gasteiger partial charge is 0.493 e. The predicted octanol–water partition coefficient (Wildman–Crippen LogP) is 9.59. The summed E-state index contributed by atoms with van der Waals surface area (Å²) in [5.74, 6) is 5.04. The molecule has 0 saturated heterocycles. The fourth-order valence-electron chi connectivity index (χ4n) is 10.1. The molecule has 0 aliphatic heterocycles. The van der Waals surface area contributed by atoms with Gasteiger partial charge in [-0.15, -0.1) is 0 Å². The monoisotopic (exact) mass is 604 g/mol. The minimum atomic E-state index is -0.408. The van der Waals surface area contributed by atoms with Gasteiger partial charge in [0.25, 0.3) is 0 Å². The van der Waals surface area contributed by atoms with Crippen LogP contribution in [0.5, 0.6) is 11.5 Å². The van der Waals surface area contributed by atoms with Crippen molar-refractivity contribution in [1.29, 1.82) is 0 Å². The molecule has 3 fully saturated rings. The SMILES string of the molecule is COc1cc(/C=C/C(=O)O[C@H]2CC[C@@]3(C)C(=CC[C@H]4[C@@H]5CC[C@H](C(C)CCCC(C)C)[C@@]5(C)CC[C@@H]43)C2)ccc1OC(C)=O. The van der Waals surface area contributed by atoms with E-state index in [-0.39, 0.29) is 17.5 Å². The number of allylic oxidation sites excluding steroid dienone is 1. The molecule has 8 atom stereocenters. The van der Waals surface area contributed by atoms with Gasteiger partial charge in [0.1, 0.15) is 6.10 Å². The first-order valence-corrected chi connectivity index (χ1v) is 17.4. The van der Waals surface area contributed by atoms with Gasteiger partial charge in [-0.3, -0.25) is 4.79 Å². The number of benzene rings is 1. The van der Waals surface area contributed by atoms with Crippen LogP contribution in [-0.4, -0.2) is 25.2 Å². The van der Waals surface area contributed by atoms with Gasteiger partial charge < -0.3 is 14.2 Å². The van der Waals surface area contributed by atoms with Crippen LogP contribution in [0.15, 0.2) is 35.9 Å². The first-order chi connectivity index (χ1) is 20.9. The van der Waals surface area contributed by atoms with E-state index >= 15 is 0 Å². The smallest absolute Gasteiger partial charge is 0.331 e. The average Bonchev–Trinajstić information content (AvgIpc) is 3.33. The van der Waals surface area contributed by atoms with E-state index in [2.05, 4.69) is 40.7 Å². The quantitative estimate of drug-likeness (QED) is 0.115. The highest BCUT2D eigenvalue weighted by Crippen LogP contribution is 2.67.